The van der Waals surface area contributed by atoms with Crippen LogP contribution >= 0.6 is 0 Å². The van der Waals surface area contributed by atoms with Gasteiger partial charge < -0.3 is 0 Å². The average molecular weight is 266 g/mol. The molecule has 1 aliphatic heterocycles. The van der Waals surface area contributed by atoms with E-state index < -0.39 is 8.07 Å². The Morgan fingerprint density at radius 2 is 2.17 bits per heavy atom. The summed E-state index contributed by atoms with van der Waals surface area (Å²) < 4.78 is 1.99. The molecule has 0 N–H and O–H groups in total. The molecule has 0 saturated carbocycles. The summed E-state index contributed by atoms with van der Waals surface area (Å²) in [6.45, 7) is 13.6. The van der Waals surface area contributed by atoms with E-state index in [0.717, 1.165) is 25.7 Å². The summed E-state index contributed by atoms with van der Waals surface area (Å²) >= 11 is 0. The van der Waals surface area contributed by atoms with Crippen molar-refractivity contribution in [3.63, 3.8) is 0 Å². The van der Waals surface area contributed by atoms with E-state index in [1.54, 1.807) is 0 Å². The molecule has 1 amide bonds. The molecule has 0 spiro atoms. The number of carbonyl (C=O) groups excluding carboxylic acids is 1. The molecule has 0 saturated heterocycles. The van der Waals surface area contributed by atoms with Gasteiger partial charge in [0.15, 0.2) is 6.04 Å². The zero-order valence-electron chi connectivity index (χ0n) is 12.5. The Balaban J connectivity index is 2.63. The zero-order valence-corrected chi connectivity index (χ0v) is 13.5. The Labute approximate surface area is 113 Å². The molecular weight excluding hydrogens is 238 g/mol. The van der Waals surface area contributed by atoms with Crippen molar-refractivity contribution < 1.29 is 9.37 Å². The predicted octanol–water partition coefficient (Wildman–Crippen LogP) is 3.84. The van der Waals surface area contributed by atoms with E-state index >= 15 is 0 Å². The summed E-state index contributed by atoms with van der Waals surface area (Å²) in [6, 6.07) is 1.53. The van der Waals surface area contributed by atoms with Gasteiger partial charge in [0, 0.05) is 27.3 Å². The quantitative estimate of drug-likeness (QED) is 0.389. The Bertz CT molecular complexity index is 352. The lowest BCUT2D eigenvalue weighted by Gasteiger charge is -2.19. The van der Waals surface area contributed by atoms with Gasteiger partial charge in [-0.15, -0.1) is 0 Å². The maximum Gasteiger partial charge on any atom is 0.387 e. The first-order valence-corrected chi connectivity index (χ1v) is 10.9. The first-order valence-electron chi connectivity index (χ1n) is 7.14. The molecule has 0 fully saturated rings. The van der Waals surface area contributed by atoms with Crippen molar-refractivity contribution in [2.75, 3.05) is 0 Å². The van der Waals surface area contributed by atoms with E-state index in [4.69, 9.17) is 0 Å². The molecule has 18 heavy (non-hydrogen) atoms. The Morgan fingerprint density at radius 3 is 2.61 bits per heavy atom. The van der Waals surface area contributed by atoms with Gasteiger partial charge in [-0.1, -0.05) is 38.7 Å². The normalized spacial score (nSPS) is 17.8. The standard InChI is InChI=1S/C15H28NOSi/c1-6-8-14(16-10-7-9-15(16)17)11-13(2)12-18(3,4)5/h10,14H,2,6-9,11-12H2,1,3-5H3/q+1/t14-/m1/s1. The second kappa shape index (κ2) is 6.46. The van der Waals surface area contributed by atoms with Gasteiger partial charge in [-0.25, -0.2) is 4.79 Å². The molecule has 1 aliphatic rings. The van der Waals surface area contributed by atoms with Crippen LogP contribution < -0.4 is 0 Å². The Hall–Kier alpha value is -0.703. The lowest BCUT2D eigenvalue weighted by molar-refractivity contribution is -0.480. The number of amides is 1. The van der Waals surface area contributed by atoms with Crippen molar-refractivity contribution in [2.45, 2.75) is 70.8 Å². The van der Waals surface area contributed by atoms with E-state index in [-0.39, 0.29) is 0 Å². The van der Waals surface area contributed by atoms with E-state index in [2.05, 4.69) is 39.4 Å². The Morgan fingerprint density at radius 1 is 1.50 bits per heavy atom. The van der Waals surface area contributed by atoms with E-state index in [0.29, 0.717) is 18.4 Å². The molecule has 1 atom stereocenters. The summed E-state index contributed by atoms with van der Waals surface area (Å²) in [4.78, 5) is 11.8. The summed E-state index contributed by atoms with van der Waals surface area (Å²) in [7, 11) is -1.08. The minimum atomic E-state index is -1.08. The molecular formula is C15H28NOSi+. The minimum Gasteiger partial charge on any atom is -0.220 e. The average Bonchev–Trinajstić information content (AvgIpc) is 2.60. The van der Waals surface area contributed by atoms with Gasteiger partial charge in [-0.05, 0) is 12.5 Å². The summed E-state index contributed by atoms with van der Waals surface area (Å²) in [5.74, 6) is 0.300. The molecule has 0 aromatic heterocycles. The van der Waals surface area contributed by atoms with Crippen LogP contribution in [0.15, 0.2) is 12.2 Å². The molecule has 1 heterocycles. The van der Waals surface area contributed by atoms with Crippen LogP contribution in [0.1, 0.15) is 39.0 Å². The summed E-state index contributed by atoms with van der Waals surface area (Å²) in [5.41, 5.74) is 1.33. The van der Waals surface area contributed by atoms with E-state index in [9.17, 15) is 4.79 Å². The summed E-state index contributed by atoms with van der Waals surface area (Å²) in [6.07, 6.45) is 6.90. The maximum atomic E-state index is 11.8. The van der Waals surface area contributed by atoms with Crippen LogP contribution in [0.25, 0.3) is 0 Å². The Kier molecular flexibility index (Phi) is 5.51. The highest BCUT2D eigenvalue weighted by Gasteiger charge is 2.31. The first kappa shape index (κ1) is 15.4. The van der Waals surface area contributed by atoms with Crippen LogP contribution in [0.5, 0.6) is 0 Å². The van der Waals surface area contributed by atoms with Crippen molar-refractivity contribution in [2.24, 2.45) is 0 Å². The molecule has 0 aromatic carbocycles. The van der Waals surface area contributed by atoms with Gasteiger partial charge in [-0.2, -0.15) is 4.58 Å². The third kappa shape index (κ3) is 4.89. The van der Waals surface area contributed by atoms with Crippen LogP contribution in [-0.4, -0.2) is 30.8 Å². The van der Waals surface area contributed by atoms with Gasteiger partial charge in [-0.3, -0.25) is 0 Å². The van der Waals surface area contributed by atoms with Gasteiger partial charge in [0.25, 0.3) is 0 Å². The van der Waals surface area contributed by atoms with Gasteiger partial charge >= 0.3 is 5.91 Å². The SMILES string of the molecule is C=C(C[C@@H](CCC)[N+]1=CCCC1=O)C[Si](C)(C)C. The molecule has 0 bridgehead atoms. The fraction of sp³-hybridized carbons (Fsp3) is 0.733. The summed E-state index contributed by atoms with van der Waals surface area (Å²) in [5, 5.41) is 0. The van der Waals surface area contributed by atoms with Crippen molar-refractivity contribution in [1.29, 1.82) is 0 Å². The molecule has 0 unspecified atom stereocenters. The number of rotatable bonds is 7. The zero-order chi connectivity index (χ0) is 13.8. The fourth-order valence-electron chi connectivity index (χ4n) is 2.74. The molecule has 0 aliphatic carbocycles. The molecule has 102 valence electrons. The third-order valence-electron chi connectivity index (χ3n) is 3.29. The number of nitrogens with zero attached hydrogens (tertiary/aromatic N) is 1. The molecule has 0 aromatic rings. The lowest BCUT2D eigenvalue weighted by atomic mass is 10.0. The number of carbonyl (C=O) groups is 1. The molecule has 3 heteroatoms. The van der Waals surface area contributed by atoms with Crippen LogP contribution in [0, 0.1) is 0 Å². The predicted molar refractivity (Wildman–Crippen MR) is 81.2 cm³/mol. The monoisotopic (exact) mass is 266 g/mol. The van der Waals surface area contributed by atoms with Gasteiger partial charge in [0.1, 0.15) is 6.21 Å². The molecule has 2 nitrogen and oxygen atoms in total. The van der Waals surface area contributed by atoms with Crippen LogP contribution in [0.4, 0.5) is 0 Å². The van der Waals surface area contributed by atoms with E-state index in [1.165, 1.54) is 11.6 Å². The second-order valence-corrected chi connectivity index (χ2v) is 12.1. The lowest BCUT2D eigenvalue weighted by Crippen LogP contribution is -2.30. The van der Waals surface area contributed by atoms with E-state index in [1.807, 2.05) is 4.58 Å². The van der Waals surface area contributed by atoms with Gasteiger partial charge in [0.2, 0.25) is 0 Å². The highest BCUT2D eigenvalue weighted by Crippen LogP contribution is 2.22. The van der Waals surface area contributed by atoms with Gasteiger partial charge in [0.05, 0.1) is 6.42 Å². The van der Waals surface area contributed by atoms with Crippen molar-refractivity contribution in [3.05, 3.63) is 12.2 Å². The van der Waals surface area contributed by atoms with Crippen LogP contribution in [0.3, 0.4) is 0 Å². The first-order chi connectivity index (χ1) is 8.33. The minimum absolute atomic E-state index is 0.300. The second-order valence-electron chi connectivity index (χ2n) is 6.66. The molecule has 0 radical (unpaired) electrons. The van der Waals surface area contributed by atoms with Crippen LogP contribution in [-0.2, 0) is 4.79 Å². The van der Waals surface area contributed by atoms with Crippen LogP contribution in [0.2, 0.25) is 25.7 Å². The smallest absolute Gasteiger partial charge is 0.220 e. The fourth-order valence-corrected chi connectivity index (χ4v) is 4.38. The largest absolute Gasteiger partial charge is 0.387 e. The highest BCUT2D eigenvalue weighted by atomic mass is 28.3. The number of hydrogen-bond acceptors (Lipinski definition) is 1. The van der Waals surface area contributed by atoms with Crippen molar-refractivity contribution in [1.82, 2.24) is 0 Å². The number of hydrogen-bond donors (Lipinski definition) is 0. The molecule has 1 rings (SSSR count). The van der Waals surface area contributed by atoms with Crippen molar-refractivity contribution >= 4 is 20.2 Å². The maximum absolute atomic E-state index is 11.8. The van der Waals surface area contributed by atoms with Crippen molar-refractivity contribution in [3.8, 4) is 0 Å². The third-order valence-corrected chi connectivity index (χ3v) is 4.85. The highest BCUT2D eigenvalue weighted by molar-refractivity contribution is 6.76. The topological polar surface area (TPSA) is 20.1 Å².